The molecule has 2 rings (SSSR count). The van der Waals surface area contributed by atoms with Crippen molar-refractivity contribution >= 4 is 17.3 Å². The summed E-state index contributed by atoms with van der Waals surface area (Å²) in [4.78, 5) is 11.7. The number of nitrogen functional groups attached to an aromatic ring is 1. The van der Waals surface area contributed by atoms with Gasteiger partial charge in [0.2, 0.25) is 5.91 Å². The fourth-order valence-electron chi connectivity index (χ4n) is 1.68. The second kappa shape index (κ2) is 5.90. The van der Waals surface area contributed by atoms with E-state index >= 15 is 0 Å². The summed E-state index contributed by atoms with van der Waals surface area (Å²) in [7, 11) is 1.55. The van der Waals surface area contributed by atoms with E-state index < -0.39 is 0 Å². The molecule has 6 heteroatoms. The molecule has 1 aromatic heterocycles. The van der Waals surface area contributed by atoms with Crippen LogP contribution in [0.4, 0.5) is 11.4 Å². The van der Waals surface area contributed by atoms with Gasteiger partial charge in [-0.2, -0.15) is 5.10 Å². The van der Waals surface area contributed by atoms with Gasteiger partial charge in [-0.05, 0) is 24.3 Å². The molecule has 0 fully saturated rings. The summed E-state index contributed by atoms with van der Waals surface area (Å²) < 4.78 is 6.76. The first-order chi connectivity index (χ1) is 9.19. The molecule has 0 bridgehead atoms. The van der Waals surface area contributed by atoms with Gasteiger partial charge in [0.1, 0.15) is 5.75 Å². The lowest BCUT2D eigenvalue weighted by Crippen LogP contribution is -2.14. The molecule has 1 heterocycles. The summed E-state index contributed by atoms with van der Waals surface area (Å²) in [6, 6.07) is 6.96. The minimum absolute atomic E-state index is 0.0833. The molecule has 0 unspecified atom stereocenters. The van der Waals surface area contributed by atoms with Gasteiger partial charge in [0.15, 0.2) is 0 Å². The molecule has 0 saturated carbocycles. The molecular weight excluding hydrogens is 244 g/mol. The van der Waals surface area contributed by atoms with Crippen molar-refractivity contribution in [3.05, 3.63) is 36.7 Å². The van der Waals surface area contributed by atoms with Crippen molar-refractivity contribution in [2.45, 2.75) is 13.0 Å². The first-order valence-corrected chi connectivity index (χ1v) is 5.90. The van der Waals surface area contributed by atoms with Crippen LogP contribution in [-0.2, 0) is 11.3 Å². The summed E-state index contributed by atoms with van der Waals surface area (Å²) in [5, 5.41) is 6.81. The molecule has 2 aromatic rings. The SMILES string of the molecule is COc1ccc(NC(=O)CCn2cccn2)cc1N. The van der Waals surface area contributed by atoms with E-state index in [9.17, 15) is 4.79 Å². The Morgan fingerprint density at radius 2 is 2.37 bits per heavy atom. The van der Waals surface area contributed by atoms with E-state index in [4.69, 9.17) is 10.5 Å². The molecule has 19 heavy (non-hydrogen) atoms. The minimum atomic E-state index is -0.0833. The van der Waals surface area contributed by atoms with E-state index in [0.717, 1.165) is 0 Å². The van der Waals surface area contributed by atoms with E-state index in [1.807, 2.05) is 12.3 Å². The molecule has 0 saturated heterocycles. The van der Waals surface area contributed by atoms with Crippen LogP contribution in [0.1, 0.15) is 6.42 Å². The van der Waals surface area contributed by atoms with Gasteiger partial charge in [-0.25, -0.2) is 0 Å². The maximum Gasteiger partial charge on any atom is 0.226 e. The smallest absolute Gasteiger partial charge is 0.226 e. The van der Waals surface area contributed by atoms with Crippen molar-refractivity contribution < 1.29 is 9.53 Å². The van der Waals surface area contributed by atoms with Gasteiger partial charge in [-0.15, -0.1) is 0 Å². The van der Waals surface area contributed by atoms with Crippen molar-refractivity contribution in [3.63, 3.8) is 0 Å². The molecule has 3 N–H and O–H groups in total. The molecule has 0 radical (unpaired) electrons. The number of hydrogen-bond acceptors (Lipinski definition) is 4. The average molecular weight is 260 g/mol. The van der Waals surface area contributed by atoms with Crippen LogP contribution in [0, 0.1) is 0 Å². The van der Waals surface area contributed by atoms with Crippen LogP contribution in [0.25, 0.3) is 0 Å². The zero-order valence-electron chi connectivity index (χ0n) is 10.7. The Kier molecular flexibility index (Phi) is 4.02. The van der Waals surface area contributed by atoms with E-state index in [1.165, 1.54) is 0 Å². The van der Waals surface area contributed by atoms with Gasteiger partial charge in [-0.1, -0.05) is 0 Å². The first-order valence-electron chi connectivity index (χ1n) is 5.90. The van der Waals surface area contributed by atoms with Crippen LogP contribution in [0.2, 0.25) is 0 Å². The number of benzene rings is 1. The van der Waals surface area contributed by atoms with Crippen LogP contribution >= 0.6 is 0 Å². The molecule has 100 valence electrons. The third kappa shape index (κ3) is 3.48. The molecule has 0 spiro atoms. The van der Waals surface area contributed by atoms with Gasteiger partial charge in [0, 0.05) is 31.0 Å². The number of amides is 1. The summed E-state index contributed by atoms with van der Waals surface area (Å²) in [5.41, 5.74) is 6.92. The predicted molar refractivity (Wildman–Crippen MR) is 72.9 cm³/mol. The summed E-state index contributed by atoms with van der Waals surface area (Å²) in [6.07, 6.45) is 3.86. The van der Waals surface area contributed by atoms with E-state index in [-0.39, 0.29) is 5.91 Å². The van der Waals surface area contributed by atoms with E-state index in [2.05, 4.69) is 10.4 Å². The summed E-state index contributed by atoms with van der Waals surface area (Å²) in [5.74, 6) is 0.509. The number of nitrogens with zero attached hydrogens (tertiary/aromatic N) is 2. The number of carbonyl (C=O) groups is 1. The molecule has 0 atom stereocenters. The summed E-state index contributed by atoms with van der Waals surface area (Å²) >= 11 is 0. The Labute approximate surface area is 111 Å². The van der Waals surface area contributed by atoms with Gasteiger partial charge in [0.25, 0.3) is 0 Å². The third-order valence-corrected chi connectivity index (χ3v) is 2.64. The second-order valence-electron chi connectivity index (χ2n) is 4.02. The lowest BCUT2D eigenvalue weighted by molar-refractivity contribution is -0.116. The molecule has 0 aliphatic rings. The highest BCUT2D eigenvalue weighted by Crippen LogP contribution is 2.24. The largest absolute Gasteiger partial charge is 0.495 e. The number of aryl methyl sites for hydroxylation is 1. The van der Waals surface area contributed by atoms with Crippen molar-refractivity contribution in [1.82, 2.24) is 9.78 Å². The number of rotatable bonds is 5. The highest BCUT2D eigenvalue weighted by atomic mass is 16.5. The Balaban J connectivity index is 1.90. The zero-order valence-corrected chi connectivity index (χ0v) is 10.7. The highest BCUT2D eigenvalue weighted by Gasteiger charge is 2.05. The van der Waals surface area contributed by atoms with Crippen molar-refractivity contribution in [3.8, 4) is 5.75 Å². The number of nitrogens with two attached hydrogens (primary N) is 1. The number of hydrogen-bond donors (Lipinski definition) is 2. The predicted octanol–water partition coefficient (Wildman–Crippen LogP) is 1.50. The molecule has 0 aliphatic carbocycles. The fourth-order valence-corrected chi connectivity index (χ4v) is 1.68. The van der Waals surface area contributed by atoms with Crippen LogP contribution in [0.3, 0.4) is 0 Å². The Bertz CT molecular complexity index is 552. The number of aromatic nitrogens is 2. The Hall–Kier alpha value is -2.50. The number of anilines is 2. The van der Waals surface area contributed by atoms with Crippen LogP contribution in [0.15, 0.2) is 36.7 Å². The Morgan fingerprint density at radius 1 is 1.53 bits per heavy atom. The van der Waals surface area contributed by atoms with Crippen LogP contribution in [-0.4, -0.2) is 22.8 Å². The maximum absolute atomic E-state index is 11.7. The van der Waals surface area contributed by atoms with Crippen LogP contribution in [0.5, 0.6) is 5.75 Å². The fraction of sp³-hybridized carbons (Fsp3) is 0.231. The van der Waals surface area contributed by atoms with Crippen molar-refractivity contribution in [2.24, 2.45) is 0 Å². The maximum atomic E-state index is 11.7. The molecule has 0 aliphatic heterocycles. The lowest BCUT2D eigenvalue weighted by Gasteiger charge is -2.08. The number of methoxy groups -OCH3 is 1. The topological polar surface area (TPSA) is 82.2 Å². The molecule has 6 nitrogen and oxygen atoms in total. The average Bonchev–Trinajstić information content (AvgIpc) is 2.90. The lowest BCUT2D eigenvalue weighted by atomic mass is 10.2. The third-order valence-electron chi connectivity index (χ3n) is 2.64. The standard InChI is InChI=1S/C13H16N4O2/c1-19-12-4-3-10(9-11(12)14)16-13(18)5-8-17-7-2-6-15-17/h2-4,6-7,9H,5,8,14H2,1H3,(H,16,18). The quantitative estimate of drug-likeness (QED) is 0.798. The van der Waals surface area contributed by atoms with Gasteiger partial charge < -0.3 is 15.8 Å². The number of ether oxygens (including phenoxy) is 1. The highest BCUT2D eigenvalue weighted by molar-refractivity contribution is 5.91. The first kappa shape index (κ1) is 12.9. The molecule has 1 aromatic carbocycles. The zero-order chi connectivity index (χ0) is 13.7. The second-order valence-corrected chi connectivity index (χ2v) is 4.02. The van der Waals surface area contributed by atoms with Crippen molar-refractivity contribution in [2.75, 3.05) is 18.2 Å². The summed E-state index contributed by atoms with van der Waals surface area (Å²) in [6.45, 7) is 0.546. The van der Waals surface area contributed by atoms with E-state index in [1.54, 1.807) is 36.2 Å². The van der Waals surface area contributed by atoms with Crippen molar-refractivity contribution in [1.29, 1.82) is 0 Å². The molecule has 1 amide bonds. The number of nitrogens with one attached hydrogen (secondary N) is 1. The van der Waals surface area contributed by atoms with Gasteiger partial charge in [0.05, 0.1) is 12.8 Å². The van der Waals surface area contributed by atoms with Crippen LogP contribution < -0.4 is 15.8 Å². The minimum Gasteiger partial charge on any atom is -0.495 e. The normalized spacial score (nSPS) is 10.2. The monoisotopic (exact) mass is 260 g/mol. The number of carbonyl (C=O) groups excluding carboxylic acids is 1. The van der Waals surface area contributed by atoms with Gasteiger partial charge in [-0.3, -0.25) is 9.48 Å². The Morgan fingerprint density at radius 3 is 3.00 bits per heavy atom. The van der Waals surface area contributed by atoms with E-state index in [0.29, 0.717) is 30.1 Å². The molecular formula is C13H16N4O2. The van der Waals surface area contributed by atoms with Gasteiger partial charge >= 0.3 is 0 Å².